The van der Waals surface area contributed by atoms with Gasteiger partial charge in [-0.15, -0.1) is 0 Å². The number of nitro groups is 1. The second-order valence-corrected chi connectivity index (χ2v) is 10.9. The van der Waals surface area contributed by atoms with Gasteiger partial charge in [0.2, 0.25) is 5.95 Å². The molecule has 0 radical (unpaired) electrons. The van der Waals surface area contributed by atoms with Gasteiger partial charge < -0.3 is 34.4 Å². The van der Waals surface area contributed by atoms with Crippen molar-refractivity contribution in [2.75, 3.05) is 76.7 Å². The van der Waals surface area contributed by atoms with Crippen LogP contribution < -0.4 is 19.9 Å². The molecule has 1 aliphatic rings. The lowest BCUT2D eigenvalue weighted by Crippen LogP contribution is -2.29. The summed E-state index contributed by atoms with van der Waals surface area (Å²) in [6.07, 6.45) is 5.97. The molecule has 0 spiro atoms. The number of likely N-dealkylation sites (N-methyl/N-ethyl adjacent to an activating group) is 3. The Hall–Kier alpha value is -4.42. The summed E-state index contributed by atoms with van der Waals surface area (Å²) in [6.45, 7) is 2.67. The number of anilines is 4. The molecular weight excluding hydrogens is 536 g/mol. The first-order valence-corrected chi connectivity index (χ1v) is 14.0. The molecule has 0 unspecified atom stereocenters. The fourth-order valence-electron chi connectivity index (χ4n) is 5.50. The molecule has 1 aliphatic heterocycles. The summed E-state index contributed by atoms with van der Waals surface area (Å²) >= 11 is 0. The first-order valence-electron chi connectivity index (χ1n) is 14.0. The van der Waals surface area contributed by atoms with Crippen LogP contribution in [-0.4, -0.2) is 91.0 Å². The summed E-state index contributed by atoms with van der Waals surface area (Å²) < 4.78 is 7.94. The Morgan fingerprint density at radius 3 is 2.62 bits per heavy atom. The molecule has 0 amide bonds. The van der Waals surface area contributed by atoms with Gasteiger partial charge >= 0.3 is 0 Å². The van der Waals surface area contributed by atoms with Crippen LogP contribution in [0.5, 0.6) is 5.75 Å². The molecule has 12 nitrogen and oxygen atoms in total. The van der Waals surface area contributed by atoms with E-state index in [2.05, 4.69) is 39.3 Å². The van der Waals surface area contributed by atoms with Gasteiger partial charge in [-0.2, -0.15) is 0 Å². The molecule has 3 heterocycles. The summed E-state index contributed by atoms with van der Waals surface area (Å²) in [5, 5.41) is 26.0. The molecule has 2 N–H and O–H groups in total. The molecular formula is C30H38N8O4. The van der Waals surface area contributed by atoms with Crippen LogP contribution in [0.4, 0.5) is 28.7 Å². The number of ether oxygens (including phenoxy) is 1. The number of aromatic nitrogens is 3. The lowest BCUT2D eigenvalue weighted by molar-refractivity contribution is -0.384. The summed E-state index contributed by atoms with van der Waals surface area (Å²) in [5.41, 5.74) is 5.78. The Kier molecular flexibility index (Phi) is 8.46. The fraction of sp³-hybridized carbons (Fsp3) is 0.400. The minimum Gasteiger partial charge on any atom is -0.494 e. The van der Waals surface area contributed by atoms with E-state index < -0.39 is 0 Å². The number of para-hydroxylation sites is 1. The third-order valence-corrected chi connectivity index (χ3v) is 7.73. The highest BCUT2D eigenvalue weighted by Gasteiger charge is 2.24. The maximum Gasteiger partial charge on any atom is 0.294 e. The molecule has 0 bridgehead atoms. The van der Waals surface area contributed by atoms with Crippen molar-refractivity contribution in [3.8, 4) is 17.0 Å². The highest BCUT2D eigenvalue weighted by atomic mass is 16.6. The molecule has 2 aromatic carbocycles. The molecule has 5 rings (SSSR count). The summed E-state index contributed by atoms with van der Waals surface area (Å²) in [5.74, 6) is 0.713. The first-order chi connectivity index (χ1) is 20.2. The lowest BCUT2D eigenvalue weighted by Gasteiger charge is -2.23. The van der Waals surface area contributed by atoms with E-state index in [1.54, 1.807) is 12.3 Å². The Morgan fingerprint density at radius 1 is 1.12 bits per heavy atom. The second-order valence-electron chi connectivity index (χ2n) is 10.9. The fourth-order valence-corrected chi connectivity index (χ4v) is 5.50. The summed E-state index contributed by atoms with van der Waals surface area (Å²) in [7, 11) is 9.17. The number of nitrogens with zero attached hydrogens (tertiary/aromatic N) is 7. The molecule has 42 heavy (non-hydrogen) atoms. The monoisotopic (exact) mass is 574 g/mol. The topological polar surface area (TPSA) is 125 Å². The maximum absolute atomic E-state index is 12.1. The van der Waals surface area contributed by atoms with Crippen molar-refractivity contribution in [2.24, 2.45) is 0 Å². The molecule has 222 valence electrons. The molecule has 0 atom stereocenters. The number of methoxy groups -OCH3 is 1. The van der Waals surface area contributed by atoms with E-state index in [0.717, 1.165) is 42.6 Å². The molecule has 2 aromatic heterocycles. The van der Waals surface area contributed by atoms with Crippen molar-refractivity contribution in [2.45, 2.75) is 19.4 Å². The third kappa shape index (κ3) is 5.68. The summed E-state index contributed by atoms with van der Waals surface area (Å²) in [6, 6.07) is 9.50. The minimum absolute atomic E-state index is 0.0158. The van der Waals surface area contributed by atoms with Crippen LogP contribution in [0.2, 0.25) is 0 Å². The van der Waals surface area contributed by atoms with Gasteiger partial charge in [0.15, 0.2) is 0 Å². The largest absolute Gasteiger partial charge is 0.494 e. The number of hydrogen-bond acceptors (Lipinski definition) is 10. The predicted octanol–water partition coefficient (Wildman–Crippen LogP) is 4.13. The smallest absolute Gasteiger partial charge is 0.294 e. The van der Waals surface area contributed by atoms with Gasteiger partial charge in [-0.05, 0) is 32.5 Å². The number of nitro benzene ring substituents is 1. The average molecular weight is 575 g/mol. The molecule has 0 saturated heterocycles. The summed E-state index contributed by atoms with van der Waals surface area (Å²) in [4.78, 5) is 27.0. The van der Waals surface area contributed by atoms with Crippen molar-refractivity contribution in [3.63, 3.8) is 0 Å². The predicted molar refractivity (Wildman–Crippen MR) is 166 cm³/mol. The van der Waals surface area contributed by atoms with E-state index in [-0.39, 0.29) is 23.2 Å². The van der Waals surface area contributed by atoms with E-state index >= 15 is 0 Å². The van der Waals surface area contributed by atoms with Crippen molar-refractivity contribution >= 4 is 39.6 Å². The van der Waals surface area contributed by atoms with Crippen LogP contribution >= 0.6 is 0 Å². The van der Waals surface area contributed by atoms with Crippen molar-refractivity contribution in [1.29, 1.82) is 0 Å². The number of aryl methyl sites for hydroxylation is 2. The number of aliphatic hydroxyl groups excluding tert-OH is 1. The standard InChI is InChI=1S/C30H38N8O4/c1-34(2)12-13-35(3)24-17-27(42-5)23(16-25(24)38(40)41)32-30-31-18-26(36(4)14-15-39)28(33-30)22-19-37-11-7-9-20-8-6-10-21(22)29(20)37/h6,8,10,16-19,39H,7,9,11-15H2,1-5H3,(H,31,32,33). The van der Waals surface area contributed by atoms with Crippen molar-refractivity contribution in [1.82, 2.24) is 19.4 Å². The van der Waals surface area contributed by atoms with Gasteiger partial charge in [-0.25, -0.2) is 9.97 Å². The number of nitrogens with one attached hydrogen (secondary N) is 1. The molecule has 4 aromatic rings. The zero-order valence-corrected chi connectivity index (χ0v) is 24.8. The molecule has 0 aliphatic carbocycles. The van der Waals surface area contributed by atoms with Crippen LogP contribution in [0.1, 0.15) is 12.0 Å². The van der Waals surface area contributed by atoms with Gasteiger partial charge in [0, 0.05) is 69.6 Å². The zero-order valence-electron chi connectivity index (χ0n) is 24.8. The Balaban J connectivity index is 1.59. The van der Waals surface area contributed by atoms with Crippen LogP contribution in [0.25, 0.3) is 22.2 Å². The van der Waals surface area contributed by atoms with Gasteiger partial charge in [0.25, 0.3) is 5.69 Å². The van der Waals surface area contributed by atoms with Crippen LogP contribution in [0.3, 0.4) is 0 Å². The maximum atomic E-state index is 12.1. The molecule has 12 heteroatoms. The van der Waals surface area contributed by atoms with E-state index in [1.807, 2.05) is 42.9 Å². The average Bonchev–Trinajstić information content (AvgIpc) is 3.36. The van der Waals surface area contributed by atoms with Gasteiger partial charge in [-0.1, -0.05) is 18.2 Å². The van der Waals surface area contributed by atoms with Crippen LogP contribution in [-0.2, 0) is 13.0 Å². The molecule has 0 fully saturated rings. The number of benzene rings is 2. The first kappa shape index (κ1) is 29.1. The number of hydrogen-bond donors (Lipinski definition) is 2. The van der Waals surface area contributed by atoms with Gasteiger partial charge in [0.1, 0.15) is 17.1 Å². The Labute approximate surface area is 245 Å². The van der Waals surface area contributed by atoms with Crippen molar-refractivity contribution in [3.05, 3.63) is 58.4 Å². The Bertz CT molecular complexity index is 1600. The van der Waals surface area contributed by atoms with E-state index in [0.29, 0.717) is 35.9 Å². The lowest BCUT2D eigenvalue weighted by atomic mass is 10.0. The van der Waals surface area contributed by atoms with E-state index in [1.165, 1.54) is 24.3 Å². The van der Waals surface area contributed by atoms with Crippen molar-refractivity contribution < 1.29 is 14.8 Å². The SMILES string of the molecule is COc1cc(N(C)CCN(C)C)c([N+](=O)[O-])cc1Nc1ncc(N(C)CCO)c(-c2cn3c4c(cccc24)CCC3)n1. The normalized spacial score (nSPS) is 12.5. The second kappa shape index (κ2) is 12.2. The number of aliphatic hydroxyl groups is 1. The Morgan fingerprint density at radius 2 is 1.90 bits per heavy atom. The number of rotatable bonds is 12. The van der Waals surface area contributed by atoms with E-state index in [9.17, 15) is 15.2 Å². The zero-order chi connectivity index (χ0) is 30.0. The quantitative estimate of drug-likeness (QED) is 0.188. The third-order valence-electron chi connectivity index (χ3n) is 7.73. The van der Waals surface area contributed by atoms with Gasteiger partial charge in [-0.3, -0.25) is 10.1 Å². The highest BCUT2D eigenvalue weighted by molar-refractivity contribution is 6.00. The van der Waals surface area contributed by atoms with Crippen LogP contribution in [0, 0.1) is 10.1 Å². The minimum atomic E-state index is -0.390. The van der Waals surface area contributed by atoms with Crippen LogP contribution in [0.15, 0.2) is 42.7 Å². The molecule has 0 saturated carbocycles. The highest BCUT2D eigenvalue weighted by Crippen LogP contribution is 2.41. The van der Waals surface area contributed by atoms with Gasteiger partial charge in [0.05, 0.1) is 41.7 Å². The van der Waals surface area contributed by atoms with E-state index in [4.69, 9.17) is 9.72 Å².